The van der Waals surface area contributed by atoms with Gasteiger partial charge in [0.2, 0.25) is 5.91 Å². The van der Waals surface area contributed by atoms with E-state index in [1.54, 1.807) is 0 Å². The van der Waals surface area contributed by atoms with Crippen molar-refractivity contribution >= 4 is 17.5 Å². The largest absolute Gasteiger partial charge is 0.337 e. The maximum absolute atomic E-state index is 12.7. The molecule has 0 saturated carbocycles. The van der Waals surface area contributed by atoms with Crippen LogP contribution in [0.15, 0.2) is 18.2 Å². The molecule has 5 nitrogen and oxygen atoms in total. The highest BCUT2D eigenvalue weighted by molar-refractivity contribution is 6.02. The summed E-state index contributed by atoms with van der Waals surface area (Å²) in [6.45, 7) is 1.61. The fourth-order valence-corrected chi connectivity index (χ4v) is 3.66. The number of carbonyl (C=O) groups excluding carboxylic acids is 2. The van der Waals surface area contributed by atoms with E-state index in [1.807, 2.05) is 23.1 Å². The standard InChI is InChI=1S/C16H19N3O2/c20-15-8-10-1-2-11(7-14(10)18-15)16(21)19-6-5-12-3-4-13(9-19)17-12/h1-2,7,12-13,17H,3-6,8-9H2,(H,18,20). The van der Waals surface area contributed by atoms with E-state index in [0.717, 1.165) is 37.2 Å². The average molecular weight is 285 g/mol. The zero-order chi connectivity index (χ0) is 14.4. The third-order valence-electron chi connectivity index (χ3n) is 4.79. The Balaban J connectivity index is 1.55. The number of nitrogens with zero attached hydrogens (tertiary/aromatic N) is 1. The number of hydrogen-bond donors (Lipinski definition) is 2. The van der Waals surface area contributed by atoms with E-state index in [-0.39, 0.29) is 11.8 Å². The lowest BCUT2D eigenvalue weighted by Crippen LogP contribution is -2.39. The molecule has 2 amide bonds. The van der Waals surface area contributed by atoms with Crippen LogP contribution in [0.5, 0.6) is 0 Å². The van der Waals surface area contributed by atoms with Crippen LogP contribution in [-0.2, 0) is 11.2 Å². The van der Waals surface area contributed by atoms with Gasteiger partial charge in [-0.05, 0) is 37.0 Å². The quantitative estimate of drug-likeness (QED) is 0.813. The fraction of sp³-hybridized carbons (Fsp3) is 0.500. The van der Waals surface area contributed by atoms with Gasteiger partial charge in [-0.25, -0.2) is 0 Å². The van der Waals surface area contributed by atoms with Crippen molar-refractivity contribution in [3.05, 3.63) is 29.3 Å². The summed E-state index contributed by atoms with van der Waals surface area (Å²) in [6, 6.07) is 6.57. The van der Waals surface area contributed by atoms with Crippen LogP contribution in [-0.4, -0.2) is 41.9 Å². The fourth-order valence-electron chi connectivity index (χ4n) is 3.66. The molecule has 3 heterocycles. The van der Waals surface area contributed by atoms with E-state index in [2.05, 4.69) is 10.6 Å². The number of amides is 2. The first kappa shape index (κ1) is 12.8. The van der Waals surface area contributed by atoms with Crippen molar-refractivity contribution < 1.29 is 9.59 Å². The minimum Gasteiger partial charge on any atom is -0.337 e. The number of carbonyl (C=O) groups is 2. The molecule has 1 aromatic rings. The average Bonchev–Trinajstić information content (AvgIpc) is 2.98. The summed E-state index contributed by atoms with van der Waals surface area (Å²) in [5.74, 6) is 0.0826. The Morgan fingerprint density at radius 1 is 1.19 bits per heavy atom. The van der Waals surface area contributed by atoms with Gasteiger partial charge < -0.3 is 15.5 Å². The van der Waals surface area contributed by atoms with Gasteiger partial charge in [-0.1, -0.05) is 6.07 Å². The summed E-state index contributed by atoms with van der Waals surface area (Å²) in [5.41, 5.74) is 2.45. The van der Waals surface area contributed by atoms with E-state index >= 15 is 0 Å². The molecule has 0 aliphatic carbocycles. The maximum atomic E-state index is 12.7. The lowest BCUT2D eigenvalue weighted by Gasteiger charge is -2.24. The van der Waals surface area contributed by atoms with Crippen molar-refractivity contribution in [2.75, 3.05) is 18.4 Å². The van der Waals surface area contributed by atoms with Crippen molar-refractivity contribution in [2.45, 2.75) is 37.8 Å². The van der Waals surface area contributed by atoms with Crippen molar-refractivity contribution in [1.29, 1.82) is 0 Å². The van der Waals surface area contributed by atoms with Crippen molar-refractivity contribution in [2.24, 2.45) is 0 Å². The summed E-state index contributed by atoms with van der Waals surface area (Å²) >= 11 is 0. The van der Waals surface area contributed by atoms with Gasteiger partial charge in [0, 0.05) is 36.4 Å². The molecule has 0 spiro atoms. The van der Waals surface area contributed by atoms with Crippen molar-refractivity contribution in [1.82, 2.24) is 10.2 Å². The van der Waals surface area contributed by atoms with Gasteiger partial charge in [0.1, 0.15) is 0 Å². The Kier molecular flexibility index (Phi) is 2.96. The lowest BCUT2D eigenvalue weighted by atomic mass is 10.1. The number of fused-ring (bicyclic) bond motifs is 3. The zero-order valence-electron chi connectivity index (χ0n) is 11.9. The van der Waals surface area contributed by atoms with Crippen LogP contribution in [0.4, 0.5) is 5.69 Å². The Morgan fingerprint density at radius 3 is 2.95 bits per heavy atom. The van der Waals surface area contributed by atoms with Gasteiger partial charge in [0.05, 0.1) is 6.42 Å². The Hall–Kier alpha value is -1.88. The van der Waals surface area contributed by atoms with E-state index in [9.17, 15) is 9.59 Å². The van der Waals surface area contributed by atoms with E-state index < -0.39 is 0 Å². The first-order valence-corrected chi connectivity index (χ1v) is 7.67. The normalized spacial score (nSPS) is 27.2. The molecule has 1 aromatic carbocycles. The molecule has 4 rings (SSSR count). The molecule has 2 saturated heterocycles. The highest BCUT2D eigenvalue weighted by atomic mass is 16.2. The first-order chi connectivity index (χ1) is 10.2. The number of hydrogen-bond acceptors (Lipinski definition) is 3. The molecule has 3 aliphatic heterocycles. The number of anilines is 1. The van der Waals surface area contributed by atoms with E-state index in [4.69, 9.17) is 0 Å². The summed E-state index contributed by atoms with van der Waals surface area (Å²) in [4.78, 5) is 26.0. The highest BCUT2D eigenvalue weighted by Crippen LogP contribution is 2.26. The number of rotatable bonds is 1. The first-order valence-electron chi connectivity index (χ1n) is 7.67. The van der Waals surface area contributed by atoms with Gasteiger partial charge in [0.25, 0.3) is 5.91 Å². The number of nitrogens with one attached hydrogen (secondary N) is 2. The number of benzene rings is 1. The van der Waals surface area contributed by atoms with Crippen LogP contribution < -0.4 is 10.6 Å². The molecular formula is C16H19N3O2. The third-order valence-corrected chi connectivity index (χ3v) is 4.79. The molecule has 21 heavy (non-hydrogen) atoms. The molecule has 2 unspecified atom stereocenters. The predicted molar refractivity (Wildman–Crippen MR) is 79.2 cm³/mol. The van der Waals surface area contributed by atoms with Crippen LogP contribution in [0, 0.1) is 0 Å². The van der Waals surface area contributed by atoms with E-state index in [1.165, 1.54) is 6.42 Å². The predicted octanol–water partition coefficient (Wildman–Crippen LogP) is 1.15. The minimum absolute atomic E-state index is 0.00545. The molecule has 0 aromatic heterocycles. The zero-order valence-corrected chi connectivity index (χ0v) is 11.9. The van der Waals surface area contributed by atoms with Gasteiger partial charge in [-0.15, -0.1) is 0 Å². The summed E-state index contributed by atoms with van der Waals surface area (Å²) in [5, 5.41) is 6.40. The Bertz CT molecular complexity index is 614. The van der Waals surface area contributed by atoms with Crippen LogP contribution in [0.1, 0.15) is 35.2 Å². The maximum Gasteiger partial charge on any atom is 0.253 e. The Labute approximate surface area is 123 Å². The third kappa shape index (κ3) is 2.31. The van der Waals surface area contributed by atoms with Gasteiger partial charge >= 0.3 is 0 Å². The Morgan fingerprint density at radius 2 is 2.05 bits per heavy atom. The van der Waals surface area contributed by atoms with Gasteiger partial charge in [0.15, 0.2) is 0 Å². The molecule has 3 aliphatic rings. The molecule has 2 fully saturated rings. The van der Waals surface area contributed by atoms with E-state index in [0.29, 0.717) is 24.1 Å². The smallest absolute Gasteiger partial charge is 0.253 e. The summed E-state index contributed by atoms with van der Waals surface area (Å²) < 4.78 is 0. The van der Waals surface area contributed by atoms with Gasteiger partial charge in [-0.3, -0.25) is 9.59 Å². The lowest BCUT2D eigenvalue weighted by molar-refractivity contribution is -0.115. The topological polar surface area (TPSA) is 61.4 Å². The molecule has 2 atom stereocenters. The summed E-state index contributed by atoms with van der Waals surface area (Å²) in [7, 11) is 0. The minimum atomic E-state index is 0.00545. The molecular weight excluding hydrogens is 266 g/mol. The van der Waals surface area contributed by atoms with Crippen LogP contribution in [0.2, 0.25) is 0 Å². The SMILES string of the molecule is O=C1Cc2ccc(C(=O)N3CCC4CCC(C3)N4)cc2N1. The second kappa shape index (κ2) is 4.84. The monoisotopic (exact) mass is 285 g/mol. The molecule has 2 N–H and O–H groups in total. The summed E-state index contributed by atoms with van der Waals surface area (Å²) in [6.07, 6.45) is 3.84. The number of likely N-dealkylation sites (tertiary alicyclic amines) is 1. The highest BCUT2D eigenvalue weighted by Gasteiger charge is 2.31. The molecule has 110 valence electrons. The van der Waals surface area contributed by atoms with Crippen LogP contribution in [0.25, 0.3) is 0 Å². The van der Waals surface area contributed by atoms with Crippen LogP contribution >= 0.6 is 0 Å². The van der Waals surface area contributed by atoms with Crippen molar-refractivity contribution in [3.63, 3.8) is 0 Å². The second-order valence-corrected chi connectivity index (χ2v) is 6.27. The van der Waals surface area contributed by atoms with Gasteiger partial charge in [-0.2, -0.15) is 0 Å². The molecule has 2 bridgehead atoms. The second-order valence-electron chi connectivity index (χ2n) is 6.27. The van der Waals surface area contributed by atoms with Crippen molar-refractivity contribution in [3.8, 4) is 0 Å². The molecule has 0 radical (unpaired) electrons. The van der Waals surface area contributed by atoms with Crippen LogP contribution in [0.3, 0.4) is 0 Å². The molecule has 5 heteroatoms.